The van der Waals surface area contributed by atoms with Gasteiger partial charge in [-0.3, -0.25) is 14.8 Å². The Morgan fingerprint density at radius 2 is 1.58 bits per heavy atom. The lowest BCUT2D eigenvalue weighted by atomic mass is 10.1. The van der Waals surface area contributed by atoms with Gasteiger partial charge >= 0.3 is 11.9 Å². The second kappa shape index (κ2) is 19.2. The van der Waals surface area contributed by atoms with E-state index in [9.17, 15) is 24.7 Å². The van der Waals surface area contributed by atoms with Crippen LogP contribution < -0.4 is 40.6 Å². The van der Waals surface area contributed by atoms with Crippen molar-refractivity contribution in [3.05, 3.63) is 65.7 Å². The molecule has 0 aliphatic heterocycles. The van der Waals surface area contributed by atoms with Crippen LogP contribution >= 0.6 is 0 Å². The average molecular weight is 575 g/mol. The summed E-state index contributed by atoms with van der Waals surface area (Å²) in [5.74, 6) is -1.65. The van der Waals surface area contributed by atoms with E-state index in [0.29, 0.717) is 31.1 Å². The van der Waals surface area contributed by atoms with Gasteiger partial charge in [0.25, 0.3) is 0 Å². The molecule has 0 bridgehead atoms. The van der Waals surface area contributed by atoms with Gasteiger partial charge in [-0.2, -0.15) is 0 Å². The fourth-order valence-corrected chi connectivity index (χ4v) is 3.72. The van der Waals surface area contributed by atoms with Gasteiger partial charge in [0.15, 0.2) is 6.04 Å². The van der Waals surface area contributed by atoms with Crippen LogP contribution in [0.25, 0.3) is 0 Å². The molecule has 0 heterocycles. The van der Waals surface area contributed by atoms with Crippen molar-refractivity contribution in [3.8, 4) is 5.75 Å². The van der Waals surface area contributed by atoms with Crippen molar-refractivity contribution in [1.29, 1.82) is 0 Å². The zero-order chi connectivity index (χ0) is 26.3. The number of halogens is 2. The van der Waals surface area contributed by atoms with Crippen LogP contribution in [0.15, 0.2) is 54.6 Å². The summed E-state index contributed by atoms with van der Waals surface area (Å²) >= 11 is 0. The number of carboxylic acid groups (broad SMARTS) is 2. The Morgan fingerprint density at radius 3 is 2.18 bits per heavy atom. The summed E-state index contributed by atoms with van der Waals surface area (Å²) in [6, 6.07) is 16.6. The van der Waals surface area contributed by atoms with Crippen molar-refractivity contribution in [1.82, 2.24) is 5.06 Å². The standard InChI is InChI=1S/C26H35N3O7.2ClH/c27-21(16-19-11-13-22(14-12-19)36-18-20-6-2-1-3-7-20)17-29(35)24(30)9-5-15-28-23(26(33)34)8-4-10-25(31)32;;/h1-3,6-7,11-14,21,23,28,35H,4-5,8-10,15-18,27H2,(H,31,32)(H,33,34);2*1H/t21-,23-;;/m0../s1. The minimum atomic E-state index is -1.01. The Hall–Kier alpha value is -2.89. The van der Waals surface area contributed by atoms with Crippen molar-refractivity contribution in [2.24, 2.45) is 0 Å². The molecule has 10 nitrogen and oxygen atoms in total. The van der Waals surface area contributed by atoms with Crippen LogP contribution in [-0.2, 0) is 27.4 Å². The van der Waals surface area contributed by atoms with Gasteiger partial charge in [0.05, 0.1) is 6.54 Å². The molecule has 0 aliphatic rings. The number of carbonyl (C=O) groups excluding carboxylic acids is 1. The molecule has 2 aromatic rings. The number of hydrogen-bond donors (Lipinski definition) is 5. The number of hydroxylamine groups is 2. The molecule has 0 spiro atoms. The number of quaternary nitrogens is 2. The van der Waals surface area contributed by atoms with Crippen LogP contribution in [0.2, 0.25) is 0 Å². The van der Waals surface area contributed by atoms with E-state index in [1.165, 1.54) is 0 Å². The van der Waals surface area contributed by atoms with Gasteiger partial charge in [-0.1, -0.05) is 42.5 Å². The fourth-order valence-electron chi connectivity index (χ4n) is 3.72. The number of amides is 1. The van der Waals surface area contributed by atoms with E-state index in [1.807, 2.05) is 54.6 Å². The predicted molar refractivity (Wildman–Crippen MR) is 130 cm³/mol. The number of ether oxygens (including phenoxy) is 1. The molecule has 0 radical (unpaired) electrons. The summed E-state index contributed by atoms with van der Waals surface area (Å²) in [5.41, 5.74) is 6.14. The van der Waals surface area contributed by atoms with Crippen molar-refractivity contribution < 1.29 is 70.4 Å². The minimum Gasteiger partial charge on any atom is -1.00 e. The Labute approximate surface area is 234 Å². The molecular formula is C26H37Cl2N3O7. The predicted octanol–water partition coefficient (Wildman–Crippen LogP) is -5.30. The second-order valence-electron chi connectivity index (χ2n) is 8.82. The Balaban J connectivity index is 0.00000684. The third kappa shape index (κ3) is 14.2. The molecule has 0 fully saturated rings. The zero-order valence-corrected chi connectivity index (χ0v) is 22.7. The van der Waals surface area contributed by atoms with Crippen LogP contribution in [0.5, 0.6) is 5.75 Å². The number of aliphatic carboxylic acids is 2. The van der Waals surface area contributed by atoms with E-state index in [1.54, 1.807) is 5.32 Å². The lowest BCUT2D eigenvalue weighted by Crippen LogP contribution is -3.00. The number of carbonyl (C=O) groups is 3. The van der Waals surface area contributed by atoms with E-state index < -0.39 is 23.9 Å². The highest BCUT2D eigenvalue weighted by Gasteiger charge is 2.22. The smallest absolute Gasteiger partial charge is 0.362 e. The van der Waals surface area contributed by atoms with Crippen LogP contribution in [0.1, 0.15) is 43.2 Å². The molecule has 2 aromatic carbocycles. The third-order valence-corrected chi connectivity index (χ3v) is 5.68. The summed E-state index contributed by atoms with van der Waals surface area (Å²) < 4.78 is 5.78. The molecule has 0 aromatic heterocycles. The number of benzene rings is 2. The number of nitrogens with two attached hydrogens (primary N) is 1. The van der Waals surface area contributed by atoms with E-state index in [2.05, 4.69) is 5.73 Å². The highest BCUT2D eigenvalue weighted by atomic mass is 35.5. The number of rotatable bonds is 17. The first-order valence-electron chi connectivity index (χ1n) is 12.1. The Kier molecular flexibility index (Phi) is 17.8. The van der Waals surface area contributed by atoms with Gasteiger partial charge in [-0.25, -0.2) is 9.86 Å². The average Bonchev–Trinajstić information content (AvgIpc) is 2.85. The van der Waals surface area contributed by atoms with Gasteiger partial charge in [0.1, 0.15) is 24.9 Å². The quantitative estimate of drug-likeness (QED) is 0.0715. The highest BCUT2D eigenvalue weighted by Crippen LogP contribution is 2.15. The Morgan fingerprint density at radius 1 is 0.921 bits per heavy atom. The van der Waals surface area contributed by atoms with E-state index in [-0.39, 0.29) is 63.1 Å². The van der Waals surface area contributed by atoms with Gasteiger partial charge in [-0.05, 0) is 29.7 Å². The molecule has 0 saturated heterocycles. The summed E-state index contributed by atoms with van der Waals surface area (Å²) in [4.78, 5) is 34.1. The molecule has 2 atom stereocenters. The lowest BCUT2D eigenvalue weighted by molar-refractivity contribution is -0.678. The molecule has 0 unspecified atom stereocenters. The lowest BCUT2D eigenvalue weighted by Gasteiger charge is -2.18. The number of nitrogens with zero attached hydrogens (tertiary/aromatic N) is 1. The molecule has 8 N–H and O–H groups in total. The maximum atomic E-state index is 12.2. The van der Waals surface area contributed by atoms with Crippen molar-refractivity contribution in [2.45, 2.75) is 57.2 Å². The van der Waals surface area contributed by atoms with Gasteiger partial charge in [0.2, 0.25) is 5.91 Å². The first-order valence-corrected chi connectivity index (χ1v) is 12.1. The van der Waals surface area contributed by atoms with Crippen LogP contribution in [0.3, 0.4) is 0 Å². The molecule has 1 amide bonds. The van der Waals surface area contributed by atoms with E-state index >= 15 is 0 Å². The monoisotopic (exact) mass is 573 g/mol. The maximum Gasteiger partial charge on any atom is 0.362 e. The molecular weight excluding hydrogens is 537 g/mol. The first kappa shape index (κ1) is 35.1. The summed E-state index contributed by atoms with van der Waals surface area (Å²) in [5, 5.41) is 30.3. The van der Waals surface area contributed by atoms with Crippen molar-refractivity contribution in [3.63, 3.8) is 0 Å². The van der Waals surface area contributed by atoms with Gasteiger partial charge < -0.3 is 50.8 Å². The van der Waals surface area contributed by atoms with Crippen LogP contribution in [0.4, 0.5) is 0 Å². The molecule has 0 saturated carbocycles. The summed E-state index contributed by atoms with van der Waals surface area (Å²) in [6.45, 7) is 0.955. The van der Waals surface area contributed by atoms with E-state index in [4.69, 9.17) is 9.84 Å². The second-order valence-corrected chi connectivity index (χ2v) is 8.82. The normalized spacial score (nSPS) is 11.8. The topological polar surface area (TPSA) is 169 Å². The van der Waals surface area contributed by atoms with Crippen LogP contribution in [0, 0.1) is 0 Å². The van der Waals surface area contributed by atoms with Gasteiger partial charge in [-0.15, -0.1) is 0 Å². The molecule has 2 rings (SSSR count). The summed E-state index contributed by atoms with van der Waals surface area (Å²) in [7, 11) is 0. The molecule has 212 valence electrons. The highest BCUT2D eigenvalue weighted by molar-refractivity contribution is 5.75. The summed E-state index contributed by atoms with van der Waals surface area (Å²) in [6.07, 6.45) is 1.49. The van der Waals surface area contributed by atoms with Gasteiger partial charge in [0, 0.05) is 32.1 Å². The molecule has 0 aliphatic carbocycles. The number of hydrogen-bond acceptors (Lipinski definition) is 5. The van der Waals surface area contributed by atoms with Crippen molar-refractivity contribution in [2.75, 3.05) is 13.1 Å². The van der Waals surface area contributed by atoms with Crippen molar-refractivity contribution >= 4 is 17.8 Å². The minimum absolute atomic E-state index is 0. The largest absolute Gasteiger partial charge is 1.00 e. The molecule has 38 heavy (non-hydrogen) atoms. The molecule has 12 heteroatoms. The first-order chi connectivity index (χ1) is 17.2. The zero-order valence-electron chi connectivity index (χ0n) is 21.2. The maximum absolute atomic E-state index is 12.2. The SMILES string of the molecule is [Cl-].[Cl-].[NH3+][C@@H](Cc1ccc(OCc2ccccc2)cc1)CN(O)C(=O)CCC[NH2+][C@@H](CCCC(=O)O)C(=O)O. The van der Waals surface area contributed by atoms with E-state index in [0.717, 1.165) is 16.9 Å². The Bertz CT molecular complexity index is 965. The third-order valence-electron chi connectivity index (χ3n) is 5.68. The fraction of sp³-hybridized carbons (Fsp3) is 0.423. The van der Waals surface area contributed by atoms with Crippen LogP contribution in [-0.4, -0.2) is 63.5 Å². The number of carboxylic acids is 2.